The highest BCUT2D eigenvalue weighted by Gasteiger charge is 2.22. The van der Waals surface area contributed by atoms with Crippen LogP contribution in [0.1, 0.15) is 18.9 Å². The minimum absolute atomic E-state index is 0.504. The van der Waals surface area contributed by atoms with Gasteiger partial charge >= 0.3 is 0 Å². The lowest BCUT2D eigenvalue weighted by Crippen LogP contribution is -2.24. The number of thiocarbonyl (C=S) groups is 1. The molecular formula is C13H18N2S2. The average molecular weight is 266 g/mol. The van der Waals surface area contributed by atoms with Gasteiger partial charge in [-0.1, -0.05) is 25.2 Å². The second kappa shape index (κ2) is 5.27. The third kappa shape index (κ3) is 2.58. The molecule has 0 amide bonds. The summed E-state index contributed by atoms with van der Waals surface area (Å²) in [7, 11) is 0. The zero-order valence-electron chi connectivity index (χ0n) is 10.3. The van der Waals surface area contributed by atoms with E-state index in [9.17, 15) is 0 Å². The Morgan fingerprint density at radius 2 is 2.29 bits per heavy atom. The molecule has 4 heteroatoms. The molecule has 0 aliphatic carbocycles. The number of nitrogens with two attached hydrogens (primary N) is 1. The van der Waals surface area contributed by atoms with Crippen LogP contribution in [-0.4, -0.2) is 24.3 Å². The quantitative estimate of drug-likeness (QED) is 0.673. The van der Waals surface area contributed by atoms with Crippen molar-refractivity contribution in [1.29, 1.82) is 0 Å². The maximum absolute atomic E-state index is 5.88. The van der Waals surface area contributed by atoms with Crippen LogP contribution in [0.3, 0.4) is 0 Å². The highest BCUT2D eigenvalue weighted by Crippen LogP contribution is 2.32. The summed E-state index contributed by atoms with van der Waals surface area (Å²) in [4.78, 5) is 4.08. The second-order valence-electron chi connectivity index (χ2n) is 4.56. The van der Waals surface area contributed by atoms with Gasteiger partial charge in [0.25, 0.3) is 0 Å². The fourth-order valence-corrected chi connectivity index (χ4v) is 3.27. The number of hydrogen-bond acceptors (Lipinski definition) is 3. The van der Waals surface area contributed by atoms with Crippen molar-refractivity contribution in [1.82, 2.24) is 0 Å². The molecule has 2 nitrogen and oxygen atoms in total. The van der Waals surface area contributed by atoms with Crippen LogP contribution >= 0.6 is 24.0 Å². The molecule has 0 saturated carbocycles. The van der Waals surface area contributed by atoms with Crippen LogP contribution in [0.25, 0.3) is 0 Å². The summed E-state index contributed by atoms with van der Waals surface area (Å²) in [5.74, 6) is 0.757. The molecule has 1 heterocycles. The van der Waals surface area contributed by atoms with Crippen molar-refractivity contribution in [2.24, 2.45) is 11.7 Å². The molecule has 1 saturated heterocycles. The first kappa shape index (κ1) is 12.7. The first-order chi connectivity index (χ1) is 8.13. The van der Waals surface area contributed by atoms with Crippen LogP contribution in [0, 0.1) is 5.92 Å². The summed E-state index contributed by atoms with van der Waals surface area (Å²) < 4.78 is 0. The summed E-state index contributed by atoms with van der Waals surface area (Å²) in [5, 5.41) is 0. The van der Waals surface area contributed by atoms with Gasteiger partial charge in [-0.15, -0.1) is 11.8 Å². The van der Waals surface area contributed by atoms with E-state index in [0.717, 1.165) is 24.6 Å². The van der Waals surface area contributed by atoms with Crippen molar-refractivity contribution in [3.63, 3.8) is 0 Å². The fraction of sp³-hybridized carbons (Fsp3) is 0.462. The van der Waals surface area contributed by atoms with E-state index < -0.39 is 0 Å². The van der Waals surface area contributed by atoms with Gasteiger partial charge < -0.3 is 10.6 Å². The van der Waals surface area contributed by atoms with E-state index >= 15 is 0 Å². The van der Waals surface area contributed by atoms with Gasteiger partial charge in [-0.3, -0.25) is 0 Å². The summed E-state index contributed by atoms with van der Waals surface area (Å²) in [6.45, 7) is 4.50. The molecule has 1 fully saturated rings. The highest BCUT2D eigenvalue weighted by molar-refractivity contribution is 7.98. The predicted molar refractivity (Wildman–Crippen MR) is 80.1 cm³/mol. The molecule has 0 bridgehead atoms. The lowest BCUT2D eigenvalue weighted by Gasteiger charge is -2.23. The smallest absolute Gasteiger partial charge is 0.107 e. The van der Waals surface area contributed by atoms with Crippen LogP contribution in [0.4, 0.5) is 5.69 Å². The number of anilines is 1. The number of benzene rings is 1. The summed E-state index contributed by atoms with van der Waals surface area (Å²) in [6, 6.07) is 6.31. The Kier molecular flexibility index (Phi) is 3.94. The molecule has 0 aromatic heterocycles. The van der Waals surface area contributed by atoms with E-state index in [-0.39, 0.29) is 0 Å². The molecule has 0 radical (unpaired) electrons. The molecule has 0 spiro atoms. The van der Waals surface area contributed by atoms with Crippen LogP contribution in [0.15, 0.2) is 23.1 Å². The monoisotopic (exact) mass is 266 g/mol. The van der Waals surface area contributed by atoms with E-state index in [1.54, 1.807) is 11.8 Å². The molecule has 17 heavy (non-hydrogen) atoms. The average Bonchev–Trinajstić information content (AvgIpc) is 2.74. The molecule has 1 unspecified atom stereocenters. The molecule has 92 valence electrons. The molecule has 1 aromatic carbocycles. The summed E-state index contributed by atoms with van der Waals surface area (Å²) in [5.41, 5.74) is 8.13. The van der Waals surface area contributed by atoms with Crippen LogP contribution in [-0.2, 0) is 0 Å². The van der Waals surface area contributed by atoms with Crippen LogP contribution < -0.4 is 10.6 Å². The van der Waals surface area contributed by atoms with E-state index in [2.05, 4.69) is 36.3 Å². The molecule has 1 atom stereocenters. The highest BCUT2D eigenvalue weighted by atomic mass is 32.2. The lowest BCUT2D eigenvalue weighted by atomic mass is 10.1. The van der Waals surface area contributed by atoms with Gasteiger partial charge in [0, 0.05) is 29.2 Å². The largest absolute Gasteiger partial charge is 0.389 e. The lowest BCUT2D eigenvalue weighted by molar-refractivity contribution is 0.659. The minimum Gasteiger partial charge on any atom is -0.389 e. The topological polar surface area (TPSA) is 29.3 Å². The molecule has 2 rings (SSSR count). The van der Waals surface area contributed by atoms with Gasteiger partial charge in [-0.05, 0) is 30.7 Å². The van der Waals surface area contributed by atoms with Crippen molar-refractivity contribution >= 4 is 34.7 Å². The van der Waals surface area contributed by atoms with E-state index in [1.807, 2.05) is 0 Å². The van der Waals surface area contributed by atoms with Crippen molar-refractivity contribution < 1.29 is 0 Å². The maximum Gasteiger partial charge on any atom is 0.107 e. The summed E-state index contributed by atoms with van der Waals surface area (Å²) in [6.07, 6.45) is 3.31. The standard InChI is InChI=1S/C13H18N2S2/c1-9-6-7-15(8-9)10-4-3-5-11(17-2)12(10)13(14)16/h3-5,9H,6-8H2,1-2H3,(H2,14,16). The van der Waals surface area contributed by atoms with Crippen LogP contribution in [0.2, 0.25) is 0 Å². The molecule has 1 aromatic rings. The van der Waals surface area contributed by atoms with Crippen molar-refractivity contribution in [2.45, 2.75) is 18.2 Å². The number of rotatable bonds is 3. The molecular weight excluding hydrogens is 248 g/mol. The normalized spacial score (nSPS) is 19.6. The Morgan fingerprint density at radius 3 is 2.82 bits per heavy atom. The first-order valence-electron chi connectivity index (χ1n) is 5.85. The molecule has 2 N–H and O–H groups in total. The Morgan fingerprint density at radius 1 is 1.53 bits per heavy atom. The summed E-state index contributed by atoms with van der Waals surface area (Å²) >= 11 is 6.91. The van der Waals surface area contributed by atoms with Gasteiger partial charge in [0.2, 0.25) is 0 Å². The Bertz CT molecular complexity index is 431. The minimum atomic E-state index is 0.504. The van der Waals surface area contributed by atoms with Crippen molar-refractivity contribution in [2.75, 3.05) is 24.2 Å². The fourth-order valence-electron chi connectivity index (χ4n) is 2.35. The predicted octanol–water partition coefficient (Wildman–Crippen LogP) is 2.89. The van der Waals surface area contributed by atoms with E-state index in [1.165, 1.54) is 17.0 Å². The zero-order chi connectivity index (χ0) is 12.4. The van der Waals surface area contributed by atoms with Gasteiger partial charge in [0.1, 0.15) is 4.99 Å². The zero-order valence-corrected chi connectivity index (χ0v) is 11.9. The van der Waals surface area contributed by atoms with Gasteiger partial charge in [0.15, 0.2) is 0 Å². The molecule has 1 aliphatic heterocycles. The Hall–Kier alpha value is -0.740. The first-order valence-corrected chi connectivity index (χ1v) is 7.48. The SMILES string of the molecule is CSc1cccc(N2CCC(C)C2)c1C(N)=S. The van der Waals surface area contributed by atoms with Crippen molar-refractivity contribution in [3.05, 3.63) is 23.8 Å². The van der Waals surface area contributed by atoms with Crippen LogP contribution in [0.5, 0.6) is 0 Å². The number of nitrogens with zero attached hydrogens (tertiary/aromatic N) is 1. The maximum atomic E-state index is 5.88. The van der Waals surface area contributed by atoms with Gasteiger partial charge in [0.05, 0.1) is 0 Å². The second-order valence-corrected chi connectivity index (χ2v) is 5.85. The van der Waals surface area contributed by atoms with Crippen molar-refractivity contribution in [3.8, 4) is 0 Å². The van der Waals surface area contributed by atoms with Gasteiger partial charge in [-0.2, -0.15) is 0 Å². The van der Waals surface area contributed by atoms with E-state index in [4.69, 9.17) is 18.0 Å². The number of hydrogen-bond donors (Lipinski definition) is 1. The van der Waals surface area contributed by atoms with E-state index in [0.29, 0.717) is 4.99 Å². The Labute approximate surface area is 113 Å². The molecule has 1 aliphatic rings. The van der Waals surface area contributed by atoms with Gasteiger partial charge in [-0.25, -0.2) is 0 Å². The third-order valence-electron chi connectivity index (χ3n) is 3.24. The third-order valence-corrected chi connectivity index (χ3v) is 4.22. The Balaban J connectivity index is 2.42. The number of thioether (sulfide) groups is 1.